The molecule has 118 valence electrons. The molecule has 23 heavy (non-hydrogen) atoms. The number of anilines is 2. The number of benzene rings is 1. The van der Waals surface area contributed by atoms with Gasteiger partial charge >= 0.3 is 0 Å². The Bertz CT molecular complexity index is 776. The lowest BCUT2D eigenvalue weighted by molar-refractivity contribution is 0.304. The second kappa shape index (κ2) is 7.07. The maximum absolute atomic E-state index is 9.11. The van der Waals surface area contributed by atoms with Gasteiger partial charge in [-0.2, -0.15) is 0 Å². The fourth-order valence-electron chi connectivity index (χ4n) is 2.54. The van der Waals surface area contributed by atoms with E-state index in [4.69, 9.17) is 5.11 Å². The number of fused-ring (bicyclic) bond motifs is 1. The van der Waals surface area contributed by atoms with Crippen LogP contribution in [0.4, 0.5) is 11.5 Å². The zero-order chi connectivity index (χ0) is 16.1. The molecule has 2 heterocycles. The Labute approximate surface area is 135 Å². The Hall–Kier alpha value is -2.66. The summed E-state index contributed by atoms with van der Waals surface area (Å²) in [4.78, 5) is 10.4. The second-order valence-corrected chi connectivity index (χ2v) is 5.42. The summed E-state index contributed by atoms with van der Waals surface area (Å²) in [5.74, 6) is 0.886. The second-order valence-electron chi connectivity index (χ2n) is 5.42. The van der Waals surface area contributed by atoms with E-state index in [9.17, 15) is 0 Å². The van der Waals surface area contributed by atoms with Crippen molar-refractivity contribution < 1.29 is 5.11 Å². The molecule has 0 aliphatic rings. The molecule has 0 saturated heterocycles. The Kier molecular flexibility index (Phi) is 4.68. The first kappa shape index (κ1) is 15.2. The molecule has 0 fully saturated rings. The molecule has 5 nitrogen and oxygen atoms in total. The third kappa shape index (κ3) is 3.57. The average molecular weight is 308 g/mol. The van der Waals surface area contributed by atoms with E-state index < -0.39 is 0 Å². The quantitative estimate of drug-likeness (QED) is 0.733. The molecule has 0 aliphatic heterocycles. The van der Waals surface area contributed by atoms with Crippen LogP contribution in [0.1, 0.15) is 5.56 Å². The monoisotopic (exact) mass is 308 g/mol. The standard InChI is InChI=1S/C18H20N4O/c1-22(10-11-23)18-17-3-2-16(12-15(17)6-9-20-18)21-13-14-4-7-19-8-5-14/h2-9,12,21,23H,10-11,13H2,1H3. The summed E-state index contributed by atoms with van der Waals surface area (Å²) in [6, 6.07) is 12.2. The molecule has 0 amide bonds. The van der Waals surface area contributed by atoms with Crippen molar-refractivity contribution >= 4 is 22.3 Å². The van der Waals surface area contributed by atoms with E-state index >= 15 is 0 Å². The highest BCUT2D eigenvalue weighted by Crippen LogP contribution is 2.26. The summed E-state index contributed by atoms with van der Waals surface area (Å²) in [6.07, 6.45) is 5.40. The van der Waals surface area contributed by atoms with Crippen molar-refractivity contribution in [3.63, 3.8) is 0 Å². The third-order valence-electron chi connectivity index (χ3n) is 3.79. The fourth-order valence-corrected chi connectivity index (χ4v) is 2.54. The lowest BCUT2D eigenvalue weighted by Crippen LogP contribution is -2.22. The first-order valence-electron chi connectivity index (χ1n) is 7.61. The fraction of sp³-hybridized carbons (Fsp3) is 0.222. The van der Waals surface area contributed by atoms with E-state index in [1.165, 1.54) is 5.56 Å². The summed E-state index contributed by atoms with van der Waals surface area (Å²) < 4.78 is 0. The molecular weight excluding hydrogens is 288 g/mol. The van der Waals surface area contributed by atoms with E-state index in [1.807, 2.05) is 30.1 Å². The summed E-state index contributed by atoms with van der Waals surface area (Å²) in [6.45, 7) is 1.44. The number of aliphatic hydroxyl groups is 1. The van der Waals surface area contributed by atoms with Crippen LogP contribution in [-0.4, -0.2) is 35.3 Å². The van der Waals surface area contributed by atoms with Gasteiger partial charge in [-0.1, -0.05) is 0 Å². The maximum Gasteiger partial charge on any atom is 0.136 e. The molecule has 0 radical (unpaired) electrons. The third-order valence-corrected chi connectivity index (χ3v) is 3.79. The molecule has 2 N–H and O–H groups in total. The minimum atomic E-state index is 0.111. The Morgan fingerprint density at radius 1 is 1.09 bits per heavy atom. The highest BCUT2D eigenvalue weighted by atomic mass is 16.3. The maximum atomic E-state index is 9.11. The molecule has 0 spiro atoms. The highest BCUT2D eigenvalue weighted by Gasteiger charge is 2.07. The van der Waals surface area contributed by atoms with E-state index in [1.54, 1.807) is 18.6 Å². The van der Waals surface area contributed by atoms with Gasteiger partial charge in [0, 0.05) is 49.8 Å². The molecule has 0 atom stereocenters. The number of aliphatic hydroxyl groups excluding tert-OH is 1. The van der Waals surface area contributed by atoms with Crippen molar-refractivity contribution in [2.24, 2.45) is 0 Å². The number of likely N-dealkylation sites (N-methyl/N-ethyl adjacent to an activating group) is 1. The molecule has 0 aliphatic carbocycles. The van der Waals surface area contributed by atoms with Crippen LogP contribution in [0.2, 0.25) is 0 Å². The molecule has 1 aromatic carbocycles. The van der Waals surface area contributed by atoms with Crippen LogP contribution in [0, 0.1) is 0 Å². The zero-order valence-corrected chi connectivity index (χ0v) is 13.1. The molecule has 0 saturated carbocycles. The van der Waals surface area contributed by atoms with E-state index in [-0.39, 0.29) is 6.61 Å². The molecule has 2 aromatic heterocycles. The van der Waals surface area contributed by atoms with Crippen LogP contribution in [0.5, 0.6) is 0 Å². The first-order chi connectivity index (χ1) is 11.3. The van der Waals surface area contributed by atoms with Crippen molar-refractivity contribution in [3.8, 4) is 0 Å². The number of hydrogen-bond acceptors (Lipinski definition) is 5. The number of pyridine rings is 2. The minimum Gasteiger partial charge on any atom is -0.395 e. The summed E-state index contributed by atoms with van der Waals surface area (Å²) in [5.41, 5.74) is 2.26. The molecule has 5 heteroatoms. The SMILES string of the molecule is CN(CCO)c1nccc2cc(NCc3ccncc3)ccc12. The largest absolute Gasteiger partial charge is 0.395 e. The van der Waals surface area contributed by atoms with Crippen LogP contribution >= 0.6 is 0 Å². The van der Waals surface area contributed by atoms with Crippen molar-refractivity contribution in [2.75, 3.05) is 30.4 Å². The molecule has 3 aromatic rings. The van der Waals surface area contributed by atoms with Crippen LogP contribution in [0.3, 0.4) is 0 Å². The van der Waals surface area contributed by atoms with Gasteiger partial charge in [0.05, 0.1) is 6.61 Å². The predicted octanol–water partition coefficient (Wildman–Crippen LogP) is 2.67. The van der Waals surface area contributed by atoms with E-state index in [0.717, 1.165) is 28.8 Å². The van der Waals surface area contributed by atoms with Crippen molar-refractivity contribution in [1.82, 2.24) is 9.97 Å². The topological polar surface area (TPSA) is 61.3 Å². The van der Waals surface area contributed by atoms with Gasteiger partial charge < -0.3 is 15.3 Å². The van der Waals surface area contributed by atoms with Gasteiger partial charge in [-0.15, -0.1) is 0 Å². The van der Waals surface area contributed by atoms with Crippen LogP contribution in [0.15, 0.2) is 55.0 Å². The first-order valence-corrected chi connectivity index (χ1v) is 7.61. The summed E-state index contributed by atoms with van der Waals surface area (Å²) >= 11 is 0. The average Bonchev–Trinajstić information content (AvgIpc) is 2.60. The van der Waals surface area contributed by atoms with Gasteiger partial charge in [0.15, 0.2) is 0 Å². The molecule has 0 unspecified atom stereocenters. The smallest absolute Gasteiger partial charge is 0.136 e. The number of rotatable bonds is 6. The predicted molar refractivity (Wildman–Crippen MR) is 93.7 cm³/mol. The normalized spacial score (nSPS) is 10.7. The number of aromatic nitrogens is 2. The van der Waals surface area contributed by atoms with Crippen LogP contribution in [0.25, 0.3) is 10.8 Å². The van der Waals surface area contributed by atoms with Gasteiger partial charge in [0.2, 0.25) is 0 Å². The molecular formula is C18H20N4O. The van der Waals surface area contributed by atoms with Crippen molar-refractivity contribution in [1.29, 1.82) is 0 Å². The van der Waals surface area contributed by atoms with Crippen molar-refractivity contribution in [3.05, 3.63) is 60.6 Å². The number of hydrogen-bond donors (Lipinski definition) is 2. The Morgan fingerprint density at radius 3 is 2.70 bits per heavy atom. The number of nitrogens with zero attached hydrogens (tertiary/aromatic N) is 3. The van der Waals surface area contributed by atoms with Gasteiger partial charge in [-0.05, 0) is 47.3 Å². The minimum absolute atomic E-state index is 0.111. The highest BCUT2D eigenvalue weighted by molar-refractivity contribution is 5.94. The lowest BCUT2D eigenvalue weighted by atomic mass is 10.1. The Balaban J connectivity index is 1.82. The van der Waals surface area contributed by atoms with Crippen LogP contribution < -0.4 is 10.2 Å². The van der Waals surface area contributed by atoms with Crippen molar-refractivity contribution in [2.45, 2.75) is 6.54 Å². The lowest BCUT2D eigenvalue weighted by Gasteiger charge is -2.19. The van der Waals surface area contributed by atoms with Crippen LogP contribution in [-0.2, 0) is 6.54 Å². The molecule has 3 rings (SSSR count). The number of nitrogens with one attached hydrogen (secondary N) is 1. The van der Waals surface area contributed by atoms with Gasteiger partial charge in [-0.25, -0.2) is 4.98 Å². The zero-order valence-electron chi connectivity index (χ0n) is 13.1. The Morgan fingerprint density at radius 2 is 1.91 bits per heavy atom. The van der Waals surface area contributed by atoms with Gasteiger partial charge in [0.1, 0.15) is 5.82 Å². The summed E-state index contributed by atoms with van der Waals surface area (Å²) in [7, 11) is 1.94. The summed E-state index contributed by atoms with van der Waals surface area (Å²) in [5, 5.41) is 14.7. The van der Waals surface area contributed by atoms with Gasteiger partial charge in [-0.3, -0.25) is 4.98 Å². The van der Waals surface area contributed by atoms with E-state index in [2.05, 4.69) is 33.5 Å². The molecule has 0 bridgehead atoms. The van der Waals surface area contributed by atoms with Gasteiger partial charge in [0.25, 0.3) is 0 Å². The van der Waals surface area contributed by atoms with E-state index in [0.29, 0.717) is 6.54 Å².